The van der Waals surface area contributed by atoms with E-state index < -0.39 is 0 Å². The second-order valence-corrected chi connectivity index (χ2v) is 8.96. The molecule has 1 aliphatic rings. The zero-order valence-electron chi connectivity index (χ0n) is 18.7. The number of hydrogen-bond donors (Lipinski definition) is 0. The molecule has 6 heteroatoms. The Balaban J connectivity index is 1.60. The van der Waals surface area contributed by atoms with Crippen molar-refractivity contribution in [1.29, 1.82) is 0 Å². The van der Waals surface area contributed by atoms with Crippen LogP contribution < -0.4 is 5.56 Å². The molecule has 160 valence electrons. The summed E-state index contributed by atoms with van der Waals surface area (Å²) >= 11 is 0. The number of fused-ring (bicyclic) bond motifs is 2. The molecule has 0 N–H and O–H groups in total. The van der Waals surface area contributed by atoms with Crippen LogP contribution in [0, 0.1) is 13.8 Å². The Morgan fingerprint density at radius 3 is 2.55 bits per heavy atom. The highest BCUT2D eigenvalue weighted by Crippen LogP contribution is 2.29. The number of pyridine rings is 2. The molecule has 0 atom stereocenters. The Kier molecular flexibility index (Phi) is 4.89. The van der Waals surface area contributed by atoms with Crippen LogP contribution in [0.15, 0.2) is 41.5 Å². The summed E-state index contributed by atoms with van der Waals surface area (Å²) in [6, 6.07) is 8.06. The summed E-state index contributed by atoms with van der Waals surface area (Å²) in [7, 11) is 2.17. The second-order valence-electron chi connectivity index (χ2n) is 8.96. The van der Waals surface area contributed by atoms with Crippen LogP contribution in [0.2, 0.25) is 0 Å². The van der Waals surface area contributed by atoms with Gasteiger partial charge in [-0.15, -0.1) is 0 Å². The summed E-state index contributed by atoms with van der Waals surface area (Å²) in [4.78, 5) is 20.3. The van der Waals surface area contributed by atoms with Gasteiger partial charge < -0.3 is 4.90 Å². The predicted molar refractivity (Wildman–Crippen MR) is 124 cm³/mol. The smallest absolute Gasteiger partial charge is 0.258 e. The maximum atomic E-state index is 13.1. The van der Waals surface area contributed by atoms with E-state index in [0.29, 0.717) is 17.3 Å². The predicted octanol–water partition coefficient (Wildman–Crippen LogP) is 4.00. The van der Waals surface area contributed by atoms with Crippen LogP contribution in [0.25, 0.3) is 22.6 Å². The lowest BCUT2D eigenvalue weighted by atomic mass is 9.90. The first-order chi connectivity index (χ1) is 14.9. The monoisotopic (exact) mass is 415 g/mol. The Morgan fingerprint density at radius 1 is 1.03 bits per heavy atom. The van der Waals surface area contributed by atoms with E-state index in [1.165, 1.54) is 16.7 Å². The summed E-state index contributed by atoms with van der Waals surface area (Å²) in [5.74, 6) is 0.500. The molecule has 5 rings (SSSR count). The number of rotatable bonds is 3. The van der Waals surface area contributed by atoms with Crippen LogP contribution in [0.1, 0.15) is 47.9 Å². The van der Waals surface area contributed by atoms with Crippen LogP contribution in [-0.2, 0) is 6.42 Å². The molecule has 6 nitrogen and oxygen atoms in total. The SMILES string of the molecule is CCc1cc(C)cn2nc(-c3cc(=O)n4cc(C5CCN(C)CC5)cc(C)c4n3)cc12. The van der Waals surface area contributed by atoms with Gasteiger partial charge in [-0.2, -0.15) is 5.10 Å². The van der Waals surface area contributed by atoms with Gasteiger partial charge in [0, 0.05) is 18.5 Å². The molecular formula is C25H29N5O. The first-order valence-corrected chi connectivity index (χ1v) is 11.1. The van der Waals surface area contributed by atoms with E-state index in [2.05, 4.69) is 37.9 Å². The molecule has 1 fully saturated rings. The molecule has 0 radical (unpaired) electrons. The van der Waals surface area contributed by atoms with Gasteiger partial charge >= 0.3 is 0 Å². The van der Waals surface area contributed by atoms with E-state index >= 15 is 0 Å². The lowest BCUT2D eigenvalue weighted by Crippen LogP contribution is -2.29. The molecule has 0 unspecified atom stereocenters. The van der Waals surface area contributed by atoms with Crippen molar-refractivity contribution < 1.29 is 0 Å². The molecular weight excluding hydrogens is 386 g/mol. The Hall–Kier alpha value is -2.99. The Labute approximate surface area is 182 Å². The van der Waals surface area contributed by atoms with Crippen molar-refractivity contribution in [3.8, 4) is 11.4 Å². The number of hydrogen-bond acceptors (Lipinski definition) is 4. The minimum Gasteiger partial charge on any atom is -0.306 e. The zero-order valence-corrected chi connectivity index (χ0v) is 18.7. The van der Waals surface area contributed by atoms with Gasteiger partial charge in [-0.05, 0) is 87.5 Å². The van der Waals surface area contributed by atoms with E-state index in [1.807, 2.05) is 29.9 Å². The van der Waals surface area contributed by atoms with Crippen LogP contribution in [0.4, 0.5) is 0 Å². The molecule has 0 aromatic carbocycles. The molecule has 1 saturated heterocycles. The fraction of sp³-hybridized carbons (Fsp3) is 0.400. The standard InChI is InChI=1S/C25H29N5O/c1-5-18-10-16(2)14-30-23(18)12-22(27-30)21-13-24(31)29-15-20(11-17(3)25(29)26-21)19-6-8-28(4)9-7-19/h10-15,19H,5-9H2,1-4H3. The maximum Gasteiger partial charge on any atom is 0.258 e. The minimum atomic E-state index is -0.0539. The van der Waals surface area contributed by atoms with Gasteiger partial charge in [0.05, 0.1) is 11.2 Å². The van der Waals surface area contributed by atoms with E-state index in [4.69, 9.17) is 10.1 Å². The fourth-order valence-corrected chi connectivity index (χ4v) is 4.81. The first-order valence-electron chi connectivity index (χ1n) is 11.1. The van der Waals surface area contributed by atoms with Gasteiger partial charge in [-0.1, -0.05) is 19.1 Å². The van der Waals surface area contributed by atoms with E-state index in [9.17, 15) is 4.79 Å². The topological polar surface area (TPSA) is 54.9 Å². The van der Waals surface area contributed by atoms with Crippen molar-refractivity contribution in [2.24, 2.45) is 0 Å². The molecule has 0 bridgehead atoms. The average Bonchev–Trinajstić information content (AvgIpc) is 3.18. The highest BCUT2D eigenvalue weighted by atomic mass is 16.1. The highest BCUT2D eigenvalue weighted by Gasteiger charge is 2.20. The van der Waals surface area contributed by atoms with Crippen molar-refractivity contribution >= 4 is 11.2 Å². The maximum absolute atomic E-state index is 13.1. The second kappa shape index (κ2) is 7.61. The molecule has 0 spiro atoms. The molecule has 0 amide bonds. The van der Waals surface area contributed by atoms with E-state index in [1.54, 1.807) is 10.5 Å². The molecule has 4 aromatic heterocycles. The largest absolute Gasteiger partial charge is 0.306 e. The van der Waals surface area contributed by atoms with Crippen molar-refractivity contribution in [1.82, 2.24) is 23.9 Å². The number of aromatic nitrogens is 4. The van der Waals surface area contributed by atoms with Crippen LogP contribution in [0.3, 0.4) is 0 Å². The van der Waals surface area contributed by atoms with E-state index in [0.717, 1.165) is 49.1 Å². The quantitative estimate of drug-likeness (QED) is 0.508. The van der Waals surface area contributed by atoms with Crippen LogP contribution in [0.5, 0.6) is 0 Å². The van der Waals surface area contributed by atoms with Crippen molar-refractivity contribution in [2.45, 2.75) is 46.0 Å². The molecule has 1 aliphatic heterocycles. The number of piperidine rings is 1. The molecule has 0 saturated carbocycles. The van der Waals surface area contributed by atoms with Crippen molar-refractivity contribution in [3.05, 3.63) is 69.3 Å². The number of likely N-dealkylation sites (tertiary alicyclic amines) is 1. The lowest BCUT2D eigenvalue weighted by Gasteiger charge is -2.29. The third-order valence-electron chi connectivity index (χ3n) is 6.59. The van der Waals surface area contributed by atoms with E-state index in [-0.39, 0.29) is 5.56 Å². The molecule has 31 heavy (non-hydrogen) atoms. The zero-order chi connectivity index (χ0) is 21.7. The van der Waals surface area contributed by atoms with Crippen molar-refractivity contribution in [3.63, 3.8) is 0 Å². The molecule has 0 aliphatic carbocycles. The normalized spacial score (nSPS) is 15.9. The van der Waals surface area contributed by atoms with Crippen LogP contribution >= 0.6 is 0 Å². The van der Waals surface area contributed by atoms with Crippen LogP contribution in [-0.4, -0.2) is 44.0 Å². The van der Waals surface area contributed by atoms with Gasteiger partial charge in [0.2, 0.25) is 0 Å². The first kappa shape index (κ1) is 19.9. The molecule has 4 aromatic rings. The van der Waals surface area contributed by atoms with Gasteiger partial charge in [0.1, 0.15) is 11.3 Å². The summed E-state index contributed by atoms with van der Waals surface area (Å²) in [5, 5.41) is 4.73. The van der Waals surface area contributed by atoms with Gasteiger partial charge in [0.15, 0.2) is 0 Å². The summed E-state index contributed by atoms with van der Waals surface area (Å²) in [6.45, 7) is 8.47. The fourth-order valence-electron chi connectivity index (χ4n) is 4.81. The average molecular weight is 416 g/mol. The van der Waals surface area contributed by atoms with Gasteiger partial charge in [-0.25, -0.2) is 9.50 Å². The third-order valence-corrected chi connectivity index (χ3v) is 6.59. The highest BCUT2D eigenvalue weighted by molar-refractivity contribution is 5.68. The summed E-state index contributed by atoms with van der Waals surface area (Å²) in [6.07, 6.45) is 7.21. The number of nitrogens with zero attached hydrogens (tertiary/aromatic N) is 5. The van der Waals surface area contributed by atoms with Crippen molar-refractivity contribution in [2.75, 3.05) is 20.1 Å². The lowest BCUT2D eigenvalue weighted by molar-refractivity contribution is 0.255. The number of aryl methyl sites for hydroxylation is 3. The Morgan fingerprint density at radius 2 is 1.81 bits per heavy atom. The third kappa shape index (κ3) is 3.55. The molecule has 5 heterocycles. The summed E-state index contributed by atoms with van der Waals surface area (Å²) < 4.78 is 3.62. The minimum absolute atomic E-state index is 0.0539. The van der Waals surface area contributed by atoms with Gasteiger partial charge in [-0.3, -0.25) is 9.20 Å². The Bertz CT molecular complexity index is 1340. The van der Waals surface area contributed by atoms with Gasteiger partial charge in [0.25, 0.3) is 5.56 Å². The summed E-state index contributed by atoms with van der Waals surface area (Å²) in [5.41, 5.74) is 7.78.